The molecule has 0 radical (unpaired) electrons. The van der Waals surface area contributed by atoms with Gasteiger partial charge in [-0.15, -0.1) is 0 Å². The number of fused-ring (bicyclic) bond motifs is 1. The Morgan fingerprint density at radius 1 is 0.862 bits per heavy atom. The zero-order valence-corrected chi connectivity index (χ0v) is 17.0. The molecule has 0 aliphatic carbocycles. The van der Waals surface area contributed by atoms with Crippen LogP contribution in [0.3, 0.4) is 0 Å². The van der Waals surface area contributed by atoms with Gasteiger partial charge in [-0.25, -0.2) is 4.98 Å². The van der Waals surface area contributed by atoms with Crippen LogP contribution in [0, 0.1) is 0 Å². The van der Waals surface area contributed by atoms with E-state index in [-0.39, 0.29) is 5.91 Å². The van der Waals surface area contributed by atoms with Gasteiger partial charge in [0.2, 0.25) is 0 Å². The number of hydrogen-bond donors (Lipinski definition) is 1. The first-order chi connectivity index (χ1) is 14.1. The Bertz CT molecular complexity index is 1170. The second-order valence-electron chi connectivity index (χ2n) is 6.71. The molecule has 0 bridgehead atoms. The monoisotopic (exact) mass is 420 g/mol. The van der Waals surface area contributed by atoms with Gasteiger partial charge < -0.3 is 5.32 Å². The van der Waals surface area contributed by atoms with Crippen LogP contribution >= 0.6 is 23.2 Å². The molecule has 0 fully saturated rings. The van der Waals surface area contributed by atoms with Crippen LogP contribution in [-0.4, -0.2) is 17.4 Å². The van der Waals surface area contributed by atoms with Gasteiger partial charge in [0.15, 0.2) is 0 Å². The summed E-state index contributed by atoms with van der Waals surface area (Å²) in [4.78, 5) is 17.7. The first-order valence-electron chi connectivity index (χ1n) is 9.28. The summed E-state index contributed by atoms with van der Waals surface area (Å²) < 4.78 is 0. The fourth-order valence-electron chi connectivity index (χ4n) is 3.24. The molecule has 1 amide bonds. The zero-order chi connectivity index (χ0) is 20.2. The van der Waals surface area contributed by atoms with Crippen LogP contribution in [0.4, 0.5) is 0 Å². The molecule has 0 atom stereocenters. The third-order valence-corrected chi connectivity index (χ3v) is 5.18. The highest BCUT2D eigenvalue weighted by molar-refractivity contribution is 6.30. The standard InChI is InChI=1S/C24H18Cl2N2O/c25-18-10-8-17(9-11-18)23-15-21(20-6-1-2-7-22(20)28-23)24(29)27-13-12-16-4-3-5-19(26)14-16/h1-11,14-15H,12-13H2,(H,27,29). The van der Waals surface area contributed by atoms with Crippen molar-refractivity contribution in [2.75, 3.05) is 6.54 Å². The van der Waals surface area contributed by atoms with Crippen LogP contribution in [0.2, 0.25) is 10.0 Å². The van der Waals surface area contributed by atoms with Crippen molar-refractivity contribution >= 4 is 40.0 Å². The van der Waals surface area contributed by atoms with Gasteiger partial charge in [-0.1, -0.05) is 65.7 Å². The van der Waals surface area contributed by atoms with E-state index >= 15 is 0 Å². The van der Waals surface area contributed by atoms with Crippen LogP contribution in [-0.2, 0) is 6.42 Å². The lowest BCUT2D eigenvalue weighted by Gasteiger charge is -2.11. The van der Waals surface area contributed by atoms with E-state index in [1.54, 1.807) is 0 Å². The fourth-order valence-corrected chi connectivity index (χ4v) is 3.58. The number of nitrogens with one attached hydrogen (secondary N) is 1. The van der Waals surface area contributed by atoms with Gasteiger partial charge >= 0.3 is 0 Å². The highest BCUT2D eigenvalue weighted by Gasteiger charge is 2.13. The molecule has 0 aliphatic heterocycles. The van der Waals surface area contributed by atoms with Crippen LogP contribution in [0.15, 0.2) is 78.9 Å². The van der Waals surface area contributed by atoms with Gasteiger partial charge in [-0.2, -0.15) is 0 Å². The lowest BCUT2D eigenvalue weighted by atomic mass is 10.0. The lowest BCUT2D eigenvalue weighted by Crippen LogP contribution is -2.26. The summed E-state index contributed by atoms with van der Waals surface area (Å²) in [7, 11) is 0. The Morgan fingerprint density at radius 3 is 2.45 bits per heavy atom. The maximum atomic E-state index is 13.0. The average molecular weight is 421 g/mol. The minimum Gasteiger partial charge on any atom is -0.352 e. The highest BCUT2D eigenvalue weighted by atomic mass is 35.5. The van der Waals surface area contributed by atoms with Gasteiger partial charge in [-0.3, -0.25) is 4.79 Å². The predicted molar refractivity (Wildman–Crippen MR) is 120 cm³/mol. The van der Waals surface area contributed by atoms with Gasteiger partial charge in [-0.05, 0) is 48.4 Å². The summed E-state index contributed by atoms with van der Waals surface area (Å²) in [5, 5.41) is 5.20. The number of halogens is 2. The maximum absolute atomic E-state index is 13.0. The fraction of sp³-hybridized carbons (Fsp3) is 0.0833. The number of para-hydroxylation sites is 1. The number of pyridine rings is 1. The van der Waals surface area contributed by atoms with E-state index in [2.05, 4.69) is 5.32 Å². The van der Waals surface area contributed by atoms with E-state index in [0.717, 1.165) is 27.7 Å². The molecular formula is C24H18Cl2N2O. The number of amides is 1. The summed E-state index contributed by atoms with van der Waals surface area (Å²) >= 11 is 12.0. The summed E-state index contributed by atoms with van der Waals surface area (Å²) in [5.41, 5.74) is 4.11. The molecular weight excluding hydrogens is 403 g/mol. The van der Waals surface area contributed by atoms with Crippen LogP contribution in [0.1, 0.15) is 15.9 Å². The van der Waals surface area contributed by atoms with Crippen molar-refractivity contribution in [1.82, 2.24) is 10.3 Å². The minimum atomic E-state index is -0.124. The molecule has 1 heterocycles. The molecule has 0 spiro atoms. The van der Waals surface area contributed by atoms with Crippen molar-refractivity contribution in [2.45, 2.75) is 6.42 Å². The molecule has 0 saturated carbocycles. The molecule has 0 unspecified atom stereocenters. The number of carbonyl (C=O) groups excluding carboxylic acids is 1. The van der Waals surface area contributed by atoms with Crippen molar-refractivity contribution in [2.24, 2.45) is 0 Å². The van der Waals surface area contributed by atoms with Gasteiger partial charge in [0.25, 0.3) is 5.91 Å². The number of nitrogens with zero attached hydrogens (tertiary/aromatic N) is 1. The average Bonchev–Trinajstić information content (AvgIpc) is 2.73. The Labute approximate surface area is 179 Å². The van der Waals surface area contributed by atoms with E-state index in [9.17, 15) is 4.79 Å². The quantitative estimate of drug-likeness (QED) is 0.418. The van der Waals surface area contributed by atoms with E-state index in [4.69, 9.17) is 28.2 Å². The Balaban J connectivity index is 1.61. The molecule has 5 heteroatoms. The Kier molecular flexibility index (Phi) is 5.79. The topological polar surface area (TPSA) is 42.0 Å². The lowest BCUT2D eigenvalue weighted by molar-refractivity contribution is 0.0956. The van der Waals surface area contributed by atoms with Gasteiger partial charge in [0, 0.05) is 27.5 Å². The molecule has 144 valence electrons. The summed E-state index contributed by atoms with van der Waals surface area (Å²) in [6.07, 6.45) is 0.708. The minimum absolute atomic E-state index is 0.124. The zero-order valence-electron chi connectivity index (χ0n) is 15.5. The normalized spacial score (nSPS) is 10.8. The summed E-state index contributed by atoms with van der Waals surface area (Å²) in [5.74, 6) is -0.124. The largest absolute Gasteiger partial charge is 0.352 e. The SMILES string of the molecule is O=C(NCCc1cccc(Cl)c1)c1cc(-c2ccc(Cl)cc2)nc2ccccc12. The first kappa shape index (κ1) is 19.4. The Hall–Kier alpha value is -2.88. The molecule has 4 rings (SSSR count). The first-order valence-corrected chi connectivity index (χ1v) is 10.0. The maximum Gasteiger partial charge on any atom is 0.252 e. The van der Waals surface area contributed by atoms with Crippen molar-refractivity contribution in [3.05, 3.63) is 100 Å². The van der Waals surface area contributed by atoms with Crippen molar-refractivity contribution in [1.29, 1.82) is 0 Å². The van der Waals surface area contributed by atoms with Gasteiger partial charge in [0.05, 0.1) is 16.8 Å². The second kappa shape index (κ2) is 8.64. The molecule has 0 aliphatic rings. The number of carbonyl (C=O) groups is 1. The van der Waals surface area contributed by atoms with E-state index < -0.39 is 0 Å². The molecule has 0 saturated heterocycles. The van der Waals surface area contributed by atoms with E-state index in [1.165, 1.54) is 0 Å². The smallest absolute Gasteiger partial charge is 0.252 e. The van der Waals surface area contributed by atoms with E-state index in [1.807, 2.05) is 78.9 Å². The molecule has 4 aromatic rings. The number of aromatic nitrogens is 1. The van der Waals surface area contributed by atoms with Crippen LogP contribution in [0.5, 0.6) is 0 Å². The third kappa shape index (κ3) is 4.58. The third-order valence-electron chi connectivity index (χ3n) is 4.69. The Morgan fingerprint density at radius 2 is 1.66 bits per heavy atom. The van der Waals surface area contributed by atoms with Crippen LogP contribution < -0.4 is 5.32 Å². The number of hydrogen-bond acceptors (Lipinski definition) is 2. The molecule has 3 nitrogen and oxygen atoms in total. The highest BCUT2D eigenvalue weighted by Crippen LogP contribution is 2.26. The predicted octanol–water partition coefficient (Wildman–Crippen LogP) is 6.18. The molecule has 29 heavy (non-hydrogen) atoms. The van der Waals surface area contributed by atoms with Crippen molar-refractivity contribution in [3.63, 3.8) is 0 Å². The summed E-state index contributed by atoms with van der Waals surface area (Å²) in [6, 6.07) is 24.6. The van der Waals surface area contributed by atoms with Crippen molar-refractivity contribution < 1.29 is 4.79 Å². The second-order valence-corrected chi connectivity index (χ2v) is 7.59. The number of rotatable bonds is 5. The molecule has 1 aromatic heterocycles. The van der Waals surface area contributed by atoms with Gasteiger partial charge in [0.1, 0.15) is 0 Å². The van der Waals surface area contributed by atoms with Crippen LogP contribution in [0.25, 0.3) is 22.2 Å². The number of benzene rings is 3. The van der Waals surface area contributed by atoms with Crippen molar-refractivity contribution in [3.8, 4) is 11.3 Å². The molecule has 3 aromatic carbocycles. The summed E-state index contributed by atoms with van der Waals surface area (Å²) in [6.45, 7) is 0.520. The molecule has 1 N–H and O–H groups in total. The van der Waals surface area contributed by atoms with E-state index in [0.29, 0.717) is 28.6 Å².